The molecule has 2 aromatic rings. The molecule has 0 aliphatic carbocycles. The Labute approximate surface area is 105 Å². The second-order valence-electron chi connectivity index (χ2n) is 3.87. The van der Waals surface area contributed by atoms with Crippen molar-refractivity contribution in [2.75, 3.05) is 0 Å². The van der Waals surface area contributed by atoms with Gasteiger partial charge in [-0.2, -0.15) is 4.98 Å². The van der Waals surface area contributed by atoms with Crippen LogP contribution in [0.25, 0.3) is 11.5 Å². The van der Waals surface area contributed by atoms with Crippen LogP contribution in [0, 0.1) is 0 Å². The zero-order valence-electron chi connectivity index (χ0n) is 9.56. The summed E-state index contributed by atoms with van der Waals surface area (Å²) in [7, 11) is 0. The van der Waals surface area contributed by atoms with Crippen LogP contribution >= 0.6 is 11.6 Å². The van der Waals surface area contributed by atoms with E-state index in [-0.39, 0.29) is 6.04 Å². The molecule has 4 nitrogen and oxygen atoms in total. The molecule has 0 amide bonds. The second-order valence-corrected chi connectivity index (χ2v) is 4.28. The molecule has 0 radical (unpaired) electrons. The first-order valence-corrected chi connectivity index (χ1v) is 5.91. The number of nitrogens with zero attached hydrogens (tertiary/aromatic N) is 2. The standard InChI is InChI=1S/C12H14ClN3O/c1-2-8(14)7-11-15-12(17-16-11)9-5-3-4-6-10(9)13/h3-6,8H,2,7,14H2,1H3. The molecule has 2 N–H and O–H groups in total. The molecular weight excluding hydrogens is 238 g/mol. The van der Waals surface area contributed by atoms with E-state index in [9.17, 15) is 0 Å². The molecule has 1 atom stereocenters. The summed E-state index contributed by atoms with van der Waals surface area (Å²) in [5.41, 5.74) is 6.58. The quantitative estimate of drug-likeness (QED) is 0.907. The fourth-order valence-corrected chi connectivity index (χ4v) is 1.68. The molecule has 0 aliphatic rings. The summed E-state index contributed by atoms with van der Waals surface area (Å²) >= 11 is 6.05. The van der Waals surface area contributed by atoms with E-state index in [1.807, 2.05) is 25.1 Å². The van der Waals surface area contributed by atoms with Gasteiger partial charge >= 0.3 is 0 Å². The van der Waals surface area contributed by atoms with Crippen molar-refractivity contribution < 1.29 is 4.52 Å². The Morgan fingerprint density at radius 2 is 2.18 bits per heavy atom. The number of halogens is 1. The summed E-state index contributed by atoms with van der Waals surface area (Å²) in [6.45, 7) is 2.03. The molecule has 90 valence electrons. The van der Waals surface area contributed by atoms with Crippen LogP contribution in [0.2, 0.25) is 5.02 Å². The predicted octanol–water partition coefficient (Wildman–Crippen LogP) is 2.67. The number of hydrogen-bond donors (Lipinski definition) is 1. The maximum atomic E-state index is 6.05. The highest BCUT2D eigenvalue weighted by Gasteiger charge is 2.13. The van der Waals surface area contributed by atoms with Crippen molar-refractivity contribution in [3.05, 3.63) is 35.1 Å². The highest BCUT2D eigenvalue weighted by Crippen LogP contribution is 2.25. The third-order valence-corrected chi connectivity index (χ3v) is 2.87. The Balaban J connectivity index is 2.21. The lowest BCUT2D eigenvalue weighted by Crippen LogP contribution is -2.21. The second kappa shape index (κ2) is 5.29. The van der Waals surface area contributed by atoms with Gasteiger partial charge in [-0.1, -0.05) is 35.8 Å². The highest BCUT2D eigenvalue weighted by molar-refractivity contribution is 6.33. The third-order valence-electron chi connectivity index (χ3n) is 2.54. The van der Waals surface area contributed by atoms with Gasteiger partial charge in [-0.05, 0) is 18.6 Å². The Bertz CT molecular complexity index is 498. The van der Waals surface area contributed by atoms with Gasteiger partial charge in [-0.25, -0.2) is 0 Å². The molecule has 0 spiro atoms. The normalized spacial score (nSPS) is 12.6. The van der Waals surface area contributed by atoms with E-state index in [0.717, 1.165) is 12.0 Å². The Morgan fingerprint density at radius 1 is 1.41 bits per heavy atom. The van der Waals surface area contributed by atoms with Gasteiger partial charge in [-0.3, -0.25) is 0 Å². The largest absolute Gasteiger partial charge is 0.334 e. The first-order chi connectivity index (χ1) is 8.20. The van der Waals surface area contributed by atoms with Gasteiger partial charge in [0.2, 0.25) is 0 Å². The van der Waals surface area contributed by atoms with Crippen LogP contribution in [-0.2, 0) is 6.42 Å². The van der Waals surface area contributed by atoms with Crippen LogP contribution in [0.4, 0.5) is 0 Å². The summed E-state index contributed by atoms with van der Waals surface area (Å²) in [5, 5.41) is 4.50. The molecule has 5 heteroatoms. The molecule has 17 heavy (non-hydrogen) atoms. The minimum atomic E-state index is 0.0618. The van der Waals surface area contributed by atoms with Crippen molar-refractivity contribution in [2.45, 2.75) is 25.8 Å². The van der Waals surface area contributed by atoms with E-state index in [0.29, 0.717) is 23.2 Å². The van der Waals surface area contributed by atoms with E-state index in [4.69, 9.17) is 21.9 Å². The van der Waals surface area contributed by atoms with Gasteiger partial charge in [0.05, 0.1) is 10.6 Å². The van der Waals surface area contributed by atoms with Crippen molar-refractivity contribution in [3.63, 3.8) is 0 Å². The van der Waals surface area contributed by atoms with E-state index < -0.39 is 0 Å². The van der Waals surface area contributed by atoms with Gasteiger partial charge in [0.15, 0.2) is 5.82 Å². The first kappa shape index (κ1) is 12.1. The zero-order valence-corrected chi connectivity index (χ0v) is 10.3. The molecule has 1 unspecified atom stereocenters. The van der Waals surface area contributed by atoms with Gasteiger partial charge in [0.1, 0.15) is 0 Å². The predicted molar refractivity (Wildman–Crippen MR) is 66.7 cm³/mol. The molecule has 0 saturated carbocycles. The molecule has 0 aliphatic heterocycles. The van der Waals surface area contributed by atoms with Crippen LogP contribution in [-0.4, -0.2) is 16.2 Å². The average molecular weight is 252 g/mol. The van der Waals surface area contributed by atoms with Crippen molar-refractivity contribution >= 4 is 11.6 Å². The minimum Gasteiger partial charge on any atom is -0.334 e. The number of nitrogens with two attached hydrogens (primary N) is 1. The van der Waals surface area contributed by atoms with Crippen LogP contribution in [0.5, 0.6) is 0 Å². The Hall–Kier alpha value is -1.39. The molecule has 1 aromatic heterocycles. The molecular formula is C12H14ClN3O. The van der Waals surface area contributed by atoms with Gasteiger partial charge in [-0.15, -0.1) is 0 Å². The number of rotatable bonds is 4. The van der Waals surface area contributed by atoms with Crippen LogP contribution in [0.1, 0.15) is 19.2 Å². The summed E-state index contributed by atoms with van der Waals surface area (Å²) in [4.78, 5) is 4.29. The lowest BCUT2D eigenvalue weighted by Gasteiger charge is -2.02. The van der Waals surface area contributed by atoms with Crippen molar-refractivity contribution in [2.24, 2.45) is 5.73 Å². The molecule has 0 fully saturated rings. The zero-order chi connectivity index (χ0) is 12.3. The van der Waals surface area contributed by atoms with Gasteiger partial charge in [0.25, 0.3) is 5.89 Å². The van der Waals surface area contributed by atoms with Crippen molar-refractivity contribution in [1.82, 2.24) is 10.1 Å². The van der Waals surface area contributed by atoms with Crippen molar-refractivity contribution in [1.29, 1.82) is 0 Å². The average Bonchev–Trinajstić information content (AvgIpc) is 2.78. The van der Waals surface area contributed by atoms with E-state index in [1.54, 1.807) is 6.07 Å². The van der Waals surface area contributed by atoms with Gasteiger partial charge < -0.3 is 10.3 Å². The SMILES string of the molecule is CCC(N)Cc1noc(-c2ccccc2Cl)n1. The topological polar surface area (TPSA) is 64.9 Å². The summed E-state index contributed by atoms with van der Waals surface area (Å²) in [6.07, 6.45) is 1.50. The summed E-state index contributed by atoms with van der Waals surface area (Å²) < 4.78 is 5.18. The van der Waals surface area contributed by atoms with E-state index in [2.05, 4.69) is 10.1 Å². The molecule has 2 rings (SSSR count). The number of aromatic nitrogens is 2. The monoisotopic (exact) mass is 251 g/mol. The van der Waals surface area contributed by atoms with Crippen molar-refractivity contribution in [3.8, 4) is 11.5 Å². The summed E-state index contributed by atoms with van der Waals surface area (Å²) in [6, 6.07) is 7.43. The van der Waals surface area contributed by atoms with Gasteiger partial charge in [0, 0.05) is 12.5 Å². The van der Waals surface area contributed by atoms with E-state index in [1.165, 1.54) is 0 Å². The number of hydrogen-bond acceptors (Lipinski definition) is 4. The summed E-state index contributed by atoms with van der Waals surface area (Å²) in [5.74, 6) is 1.06. The Morgan fingerprint density at radius 3 is 2.88 bits per heavy atom. The minimum absolute atomic E-state index is 0.0618. The maximum absolute atomic E-state index is 6.05. The van der Waals surface area contributed by atoms with Crippen LogP contribution in [0.3, 0.4) is 0 Å². The first-order valence-electron chi connectivity index (χ1n) is 5.53. The molecule has 1 heterocycles. The molecule has 0 saturated heterocycles. The number of benzene rings is 1. The molecule has 0 bridgehead atoms. The lowest BCUT2D eigenvalue weighted by atomic mass is 10.1. The van der Waals surface area contributed by atoms with Crippen LogP contribution < -0.4 is 5.73 Å². The fourth-order valence-electron chi connectivity index (χ4n) is 1.46. The fraction of sp³-hybridized carbons (Fsp3) is 0.333. The lowest BCUT2D eigenvalue weighted by molar-refractivity contribution is 0.419. The third kappa shape index (κ3) is 2.84. The van der Waals surface area contributed by atoms with E-state index >= 15 is 0 Å². The maximum Gasteiger partial charge on any atom is 0.259 e. The van der Waals surface area contributed by atoms with Crippen LogP contribution in [0.15, 0.2) is 28.8 Å². The Kier molecular flexibility index (Phi) is 3.76. The smallest absolute Gasteiger partial charge is 0.259 e. The molecule has 1 aromatic carbocycles. The highest BCUT2D eigenvalue weighted by atomic mass is 35.5.